The second-order valence-corrected chi connectivity index (χ2v) is 5.10. The molecule has 1 aliphatic rings. The van der Waals surface area contributed by atoms with E-state index < -0.39 is 17.5 Å². The molecule has 0 saturated heterocycles. The summed E-state index contributed by atoms with van der Waals surface area (Å²) in [6.07, 6.45) is 2.36. The summed E-state index contributed by atoms with van der Waals surface area (Å²) < 4.78 is 40.4. The molecule has 2 aromatic rings. The van der Waals surface area contributed by atoms with Crippen LogP contribution < -0.4 is 5.32 Å². The number of benzene rings is 2. The third kappa shape index (κ3) is 2.85. The van der Waals surface area contributed by atoms with E-state index in [1.165, 1.54) is 12.8 Å². The summed E-state index contributed by atoms with van der Waals surface area (Å²) in [5, 5.41) is 3.34. The summed E-state index contributed by atoms with van der Waals surface area (Å²) in [5.41, 5.74) is 1.20. The fourth-order valence-electron chi connectivity index (χ4n) is 2.20. The number of hydrogen-bond donors (Lipinski definition) is 1. The van der Waals surface area contributed by atoms with Gasteiger partial charge in [0, 0.05) is 24.7 Å². The molecule has 1 saturated carbocycles. The molecule has 0 atom stereocenters. The third-order valence-corrected chi connectivity index (χ3v) is 3.39. The summed E-state index contributed by atoms with van der Waals surface area (Å²) in [6.45, 7) is 0.670. The lowest BCUT2D eigenvalue weighted by Gasteiger charge is -2.08. The van der Waals surface area contributed by atoms with Crippen molar-refractivity contribution in [1.29, 1.82) is 0 Å². The predicted molar refractivity (Wildman–Crippen MR) is 71.6 cm³/mol. The summed E-state index contributed by atoms with van der Waals surface area (Å²) in [7, 11) is 0. The average molecular weight is 277 g/mol. The molecule has 0 bridgehead atoms. The fourth-order valence-corrected chi connectivity index (χ4v) is 2.20. The maximum atomic E-state index is 13.8. The summed E-state index contributed by atoms with van der Waals surface area (Å²) in [4.78, 5) is 0. The number of hydrogen-bond acceptors (Lipinski definition) is 1. The van der Waals surface area contributed by atoms with E-state index in [1.54, 1.807) is 18.2 Å². The van der Waals surface area contributed by atoms with Gasteiger partial charge >= 0.3 is 0 Å². The van der Waals surface area contributed by atoms with Crippen LogP contribution in [0.25, 0.3) is 11.1 Å². The van der Waals surface area contributed by atoms with Crippen LogP contribution in [-0.4, -0.2) is 6.04 Å². The van der Waals surface area contributed by atoms with Crippen LogP contribution in [0.5, 0.6) is 0 Å². The van der Waals surface area contributed by atoms with Crippen LogP contribution in [0.2, 0.25) is 0 Å². The maximum Gasteiger partial charge on any atom is 0.136 e. The van der Waals surface area contributed by atoms with E-state index in [0.29, 0.717) is 30.3 Å². The van der Waals surface area contributed by atoms with Gasteiger partial charge < -0.3 is 5.32 Å². The topological polar surface area (TPSA) is 12.0 Å². The van der Waals surface area contributed by atoms with E-state index in [-0.39, 0.29) is 5.56 Å². The van der Waals surface area contributed by atoms with Gasteiger partial charge in [0.15, 0.2) is 0 Å². The van der Waals surface area contributed by atoms with Crippen molar-refractivity contribution >= 4 is 0 Å². The van der Waals surface area contributed by atoms with E-state index in [9.17, 15) is 13.2 Å². The Bertz CT molecular complexity index is 612. The Labute approximate surface area is 115 Å². The minimum atomic E-state index is -0.907. The first kappa shape index (κ1) is 13.2. The minimum Gasteiger partial charge on any atom is -0.310 e. The Morgan fingerprint density at radius 1 is 1.00 bits per heavy atom. The molecule has 0 unspecified atom stereocenters. The molecule has 1 N–H and O–H groups in total. The monoisotopic (exact) mass is 277 g/mol. The Hall–Kier alpha value is -1.81. The predicted octanol–water partition coefficient (Wildman–Crippen LogP) is 4.02. The van der Waals surface area contributed by atoms with Crippen molar-refractivity contribution in [2.75, 3.05) is 0 Å². The van der Waals surface area contributed by atoms with Crippen molar-refractivity contribution in [2.45, 2.75) is 25.4 Å². The van der Waals surface area contributed by atoms with Crippen molar-refractivity contribution < 1.29 is 13.2 Å². The van der Waals surface area contributed by atoms with Gasteiger partial charge in [-0.1, -0.05) is 18.2 Å². The molecule has 0 heterocycles. The molecule has 0 aliphatic heterocycles. The van der Waals surface area contributed by atoms with E-state index in [2.05, 4.69) is 5.32 Å². The normalized spacial score (nSPS) is 14.6. The lowest BCUT2D eigenvalue weighted by molar-refractivity contribution is 0.548. The van der Waals surface area contributed by atoms with E-state index in [0.717, 1.165) is 5.56 Å². The highest BCUT2D eigenvalue weighted by atomic mass is 19.1. The second kappa shape index (κ2) is 5.29. The molecule has 104 valence electrons. The van der Waals surface area contributed by atoms with Gasteiger partial charge in [0.2, 0.25) is 0 Å². The third-order valence-electron chi connectivity index (χ3n) is 3.39. The smallest absolute Gasteiger partial charge is 0.136 e. The standard InChI is InChI=1S/C16H14F3N/c17-12-7-14(18)16(15(19)8-12)11-3-1-2-10(6-11)9-20-13-4-5-13/h1-3,6-8,13,20H,4-5,9H2. The van der Waals surface area contributed by atoms with E-state index in [1.807, 2.05) is 6.07 Å². The molecule has 1 fully saturated rings. The maximum absolute atomic E-state index is 13.8. The second-order valence-electron chi connectivity index (χ2n) is 5.10. The van der Waals surface area contributed by atoms with Gasteiger partial charge in [0.25, 0.3) is 0 Å². The van der Waals surface area contributed by atoms with Gasteiger partial charge in [-0.25, -0.2) is 13.2 Å². The quantitative estimate of drug-likeness (QED) is 0.890. The van der Waals surface area contributed by atoms with Crippen LogP contribution in [0.4, 0.5) is 13.2 Å². The summed E-state index contributed by atoms with van der Waals surface area (Å²) >= 11 is 0. The molecular formula is C16H14F3N. The van der Waals surface area contributed by atoms with Crippen LogP contribution >= 0.6 is 0 Å². The van der Waals surface area contributed by atoms with Crippen molar-refractivity contribution in [3.8, 4) is 11.1 Å². The molecule has 2 aromatic carbocycles. The van der Waals surface area contributed by atoms with Gasteiger partial charge in [-0.15, -0.1) is 0 Å². The van der Waals surface area contributed by atoms with Crippen molar-refractivity contribution in [3.63, 3.8) is 0 Å². The van der Waals surface area contributed by atoms with Crippen molar-refractivity contribution in [1.82, 2.24) is 5.32 Å². The number of halogens is 3. The molecule has 3 rings (SSSR count). The molecule has 20 heavy (non-hydrogen) atoms. The van der Waals surface area contributed by atoms with Crippen LogP contribution in [0.1, 0.15) is 18.4 Å². The highest BCUT2D eigenvalue weighted by molar-refractivity contribution is 5.65. The summed E-state index contributed by atoms with van der Waals surface area (Å²) in [6, 6.07) is 8.98. The molecule has 0 amide bonds. The highest BCUT2D eigenvalue weighted by Gasteiger charge is 2.20. The molecule has 1 nitrogen and oxygen atoms in total. The van der Waals surface area contributed by atoms with Crippen LogP contribution in [0.15, 0.2) is 36.4 Å². The number of nitrogens with one attached hydrogen (secondary N) is 1. The zero-order chi connectivity index (χ0) is 14.1. The SMILES string of the molecule is Fc1cc(F)c(-c2cccc(CNC3CC3)c2)c(F)c1. The summed E-state index contributed by atoms with van der Waals surface area (Å²) in [5.74, 6) is -2.67. The van der Waals surface area contributed by atoms with Crippen LogP contribution in [-0.2, 0) is 6.54 Å². The Balaban J connectivity index is 1.91. The molecule has 1 aliphatic carbocycles. The van der Waals surface area contributed by atoms with Crippen molar-refractivity contribution in [2.24, 2.45) is 0 Å². The zero-order valence-electron chi connectivity index (χ0n) is 10.8. The van der Waals surface area contributed by atoms with E-state index >= 15 is 0 Å². The average Bonchev–Trinajstić information content (AvgIpc) is 3.19. The first-order valence-electron chi connectivity index (χ1n) is 6.61. The van der Waals surface area contributed by atoms with E-state index in [4.69, 9.17) is 0 Å². The lowest BCUT2D eigenvalue weighted by atomic mass is 10.0. The van der Waals surface area contributed by atoms with Crippen molar-refractivity contribution in [3.05, 3.63) is 59.4 Å². The number of rotatable bonds is 4. The first-order chi connectivity index (χ1) is 9.63. The highest BCUT2D eigenvalue weighted by Crippen LogP contribution is 2.28. The van der Waals surface area contributed by atoms with Gasteiger partial charge in [-0.3, -0.25) is 0 Å². The Morgan fingerprint density at radius 2 is 1.70 bits per heavy atom. The fraction of sp³-hybridized carbons (Fsp3) is 0.250. The molecule has 0 spiro atoms. The zero-order valence-corrected chi connectivity index (χ0v) is 10.8. The van der Waals surface area contributed by atoms with Gasteiger partial charge in [-0.2, -0.15) is 0 Å². The first-order valence-corrected chi connectivity index (χ1v) is 6.61. The largest absolute Gasteiger partial charge is 0.310 e. The van der Waals surface area contributed by atoms with Gasteiger partial charge in [-0.05, 0) is 30.0 Å². The molecule has 4 heteroatoms. The Morgan fingerprint density at radius 3 is 2.35 bits per heavy atom. The Kier molecular flexibility index (Phi) is 3.49. The molecule has 0 aromatic heterocycles. The molecule has 0 radical (unpaired) electrons. The minimum absolute atomic E-state index is 0.181. The van der Waals surface area contributed by atoms with Crippen LogP contribution in [0.3, 0.4) is 0 Å². The van der Waals surface area contributed by atoms with Crippen LogP contribution in [0, 0.1) is 17.5 Å². The van der Waals surface area contributed by atoms with Gasteiger partial charge in [0.05, 0.1) is 5.56 Å². The molecular weight excluding hydrogens is 263 g/mol. The lowest BCUT2D eigenvalue weighted by Crippen LogP contribution is -2.15. The van der Waals surface area contributed by atoms with Gasteiger partial charge in [0.1, 0.15) is 17.5 Å².